The molecule has 1 fully saturated rings. The maximum Gasteiger partial charge on any atom is 0.304 e. The van der Waals surface area contributed by atoms with Crippen LogP contribution in [0.25, 0.3) is 0 Å². The summed E-state index contributed by atoms with van der Waals surface area (Å²) in [7, 11) is 0. The number of rotatable bonds is 3. The molecule has 0 bridgehead atoms. The van der Waals surface area contributed by atoms with Gasteiger partial charge in [-0.3, -0.25) is 4.79 Å². The van der Waals surface area contributed by atoms with Gasteiger partial charge in [0.15, 0.2) is 0 Å². The van der Waals surface area contributed by atoms with Crippen molar-refractivity contribution in [1.82, 2.24) is 0 Å². The highest BCUT2D eigenvalue weighted by Crippen LogP contribution is 2.52. The fourth-order valence-electron chi connectivity index (χ4n) is 2.16. The van der Waals surface area contributed by atoms with Crippen LogP contribution in [0.2, 0.25) is 5.02 Å². The predicted octanol–water partition coefficient (Wildman–Crippen LogP) is 3.15. The summed E-state index contributed by atoms with van der Waals surface area (Å²) in [5.74, 6) is -0.730. The summed E-state index contributed by atoms with van der Waals surface area (Å²) < 4.78 is 0. The van der Waals surface area contributed by atoms with Gasteiger partial charge in [-0.1, -0.05) is 23.7 Å². The van der Waals surface area contributed by atoms with E-state index in [1.165, 1.54) is 0 Å². The van der Waals surface area contributed by atoms with E-state index in [1.54, 1.807) is 0 Å². The van der Waals surface area contributed by atoms with Crippen molar-refractivity contribution >= 4 is 17.6 Å². The van der Waals surface area contributed by atoms with E-state index >= 15 is 0 Å². The molecule has 1 aromatic carbocycles. The van der Waals surface area contributed by atoms with Crippen LogP contribution in [-0.2, 0) is 10.2 Å². The Hall–Kier alpha value is -1.02. The first kappa shape index (κ1) is 10.5. The molecule has 0 radical (unpaired) electrons. The van der Waals surface area contributed by atoms with Crippen molar-refractivity contribution in [2.45, 2.75) is 31.6 Å². The Morgan fingerprint density at radius 1 is 1.53 bits per heavy atom. The number of carboxylic acid groups (broad SMARTS) is 1. The number of benzene rings is 1. The second-order valence-electron chi connectivity index (χ2n) is 4.26. The summed E-state index contributed by atoms with van der Waals surface area (Å²) in [6, 6.07) is 5.74. The van der Waals surface area contributed by atoms with Gasteiger partial charge < -0.3 is 5.11 Å². The Morgan fingerprint density at radius 2 is 2.20 bits per heavy atom. The third-order valence-corrected chi connectivity index (χ3v) is 3.59. The van der Waals surface area contributed by atoms with Gasteiger partial charge in [-0.05, 0) is 37.0 Å². The molecule has 80 valence electrons. The number of carbonyl (C=O) groups is 1. The van der Waals surface area contributed by atoms with Gasteiger partial charge >= 0.3 is 5.97 Å². The Kier molecular flexibility index (Phi) is 2.47. The van der Waals surface area contributed by atoms with Crippen molar-refractivity contribution in [2.75, 3.05) is 0 Å². The van der Waals surface area contributed by atoms with Gasteiger partial charge in [-0.15, -0.1) is 0 Å². The van der Waals surface area contributed by atoms with Crippen LogP contribution >= 0.6 is 11.6 Å². The van der Waals surface area contributed by atoms with Crippen LogP contribution < -0.4 is 0 Å². The third kappa shape index (κ3) is 1.86. The van der Waals surface area contributed by atoms with Crippen molar-refractivity contribution in [1.29, 1.82) is 0 Å². The lowest BCUT2D eigenvalue weighted by Gasteiger charge is -2.16. The minimum Gasteiger partial charge on any atom is -0.481 e. The quantitative estimate of drug-likeness (QED) is 0.857. The lowest BCUT2D eigenvalue weighted by Crippen LogP contribution is -2.14. The van der Waals surface area contributed by atoms with Crippen molar-refractivity contribution in [3.8, 4) is 0 Å². The number of aliphatic carboxylic acids is 1. The van der Waals surface area contributed by atoms with Crippen molar-refractivity contribution < 1.29 is 9.90 Å². The Morgan fingerprint density at radius 3 is 2.73 bits per heavy atom. The molecule has 3 heteroatoms. The number of hydrogen-bond donors (Lipinski definition) is 1. The van der Waals surface area contributed by atoms with E-state index in [4.69, 9.17) is 16.7 Å². The van der Waals surface area contributed by atoms with Crippen LogP contribution in [-0.4, -0.2) is 11.1 Å². The molecular formula is C12H13ClO2. The normalized spacial score (nSPS) is 17.5. The zero-order valence-corrected chi connectivity index (χ0v) is 9.34. The fourth-order valence-corrected chi connectivity index (χ4v) is 2.34. The third-order valence-electron chi connectivity index (χ3n) is 3.18. The molecule has 0 saturated heterocycles. The van der Waals surface area contributed by atoms with Crippen molar-refractivity contribution in [3.63, 3.8) is 0 Å². The highest BCUT2D eigenvalue weighted by molar-refractivity contribution is 6.31. The first-order chi connectivity index (χ1) is 7.05. The van der Waals surface area contributed by atoms with Gasteiger partial charge in [-0.25, -0.2) is 0 Å². The van der Waals surface area contributed by atoms with E-state index < -0.39 is 5.97 Å². The average molecular weight is 225 g/mol. The maximum atomic E-state index is 10.8. The number of carboxylic acids is 1. The highest BCUT2D eigenvalue weighted by Gasteiger charge is 2.46. The van der Waals surface area contributed by atoms with E-state index in [-0.39, 0.29) is 11.8 Å². The Bertz CT molecular complexity index is 408. The van der Waals surface area contributed by atoms with E-state index in [1.807, 2.05) is 25.1 Å². The minimum atomic E-state index is -0.730. The lowest BCUT2D eigenvalue weighted by atomic mass is 9.89. The molecule has 1 N–H and O–H groups in total. The molecule has 2 nitrogen and oxygen atoms in total. The molecule has 1 saturated carbocycles. The second-order valence-corrected chi connectivity index (χ2v) is 4.67. The van der Waals surface area contributed by atoms with Crippen LogP contribution in [0.3, 0.4) is 0 Å². The minimum absolute atomic E-state index is 0.138. The molecule has 1 aliphatic rings. The molecule has 0 aromatic heterocycles. The summed E-state index contributed by atoms with van der Waals surface area (Å²) in [6.45, 7) is 1.96. The van der Waals surface area contributed by atoms with Crippen molar-refractivity contribution in [2.24, 2.45) is 0 Å². The van der Waals surface area contributed by atoms with Gasteiger partial charge in [0, 0.05) is 10.4 Å². The molecule has 0 heterocycles. The van der Waals surface area contributed by atoms with Gasteiger partial charge in [0.25, 0.3) is 0 Å². The Labute approximate surface area is 93.9 Å². The monoisotopic (exact) mass is 224 g/mol. The fraction of sp³-hybridized carbons (Fsp3) is 0.417. The summed E-state index contributed by atoms with van der Waals surface area (Å²) in [6.07, 6.45) is 2.13. The van der Waals surface area contributed by atoms with Crippen LogP contribution in [0.1, 0.15) is 30.4 Å². The van der Waals surface area contributed by atoms with E-state index in [9.17, 15) is 4.79 Å². The topological polar surface area (TPSA) is 37.3 Å². The zero-order chi connectivity index (χ0) is 11.1. The smallest absolute Gasteiger partial charge is 0.304 e. The lowest BCUT2D eigenvalue weighted by molar-refractivity contribution is -0.137. The van der Waals surface area contributed by atoms with Gasteiger partial charge in [0.2, 0.25) is 0 Å². The predicted molar refractivity (Wildman–Crippen MR) is 59.4 cm³/mol. The molecule has 1 aliphatic carbocycles. The van der Waals surface area contributed by atoms with Crippen LogP contribution in [0.4, 0.5) is 0 Å². The molecule has 0 spiro atoms. The van der Waals surface area contributed by atoms with E-state index in [0.29, 0.717) is 0 Å². The average Bonchev–Trinajstić information content (AvgIpc) is 2.89. The standard InChI is InChI=1S/C12H13ClO2/c1-8-9(3-2-4-10(8)13)12(5-6-12)7-11(14)15/h2-4H,5-7H2,1H3,(H,14,15). The summed E-state index contributed by atoms with van der Waals surface area (Å²) in [4.78, 5) is 10.8. The largest absolute Gasteiger partial charge is 0.481 e. The molecule has 0 atom stereocenters. The first-order valence-corrected chi connectivity index (χ1v) is 5.40. The van der Waals surface area contributed by atoms with E-state index in [2.05, 4.69) is 0 Å². The summed E-state index contributed by atoms with van der Waals surface area (Å²) >= 11 is 6.04. The number of halogens is 1. The van der Waals surface area contributed by atoms with Gasteiger partial charge in [0.1, 0.15) is 0 Å². The van der Waals surface area contributed by atoms with Crippen molar-refractivity contribution in [3.05, 3.63) is 34.3 Å². The summed E-state index contributed by atoms with van der Waals surface area (Å²) in [5, 5.41) is 9.60. The molecular weight excluding hydrogens is 212 g/mol. The van der Waals surface area contributed by atoms with Gasteiger partial charge in [0.05, 0.1) is 6.42 Å². The SMILES string of the molecule is Cc1c(Cl)cccc1C1(CC(=O)O)CC1. The molecule has 0 unspecified atom stereocenters. The molecule has 2 rings (SSSR count). The van der Waals surface area contributed by atoms with E-state index in [0.717, 1.165) is 29.0 Å². The van der Waals surface area contributed by atoms with Gasteiger partial charge in [-0.2, -0.15) is 0 Å². The second kappa shape index (κ2) is 3.53. The molecule has 0 aliphatic heterocycles. The van der Waals surface area contributed by atoms with Crippen LogP contribution in [0.15, 0.2) is 18.2 Å². The molecule has 0 amide bonds. The van der Waals surface area contributed by atoms with Crippen LogP contribution in [0, 0.1) is 6.92 Å². The summed E-state index contributed by atoms with van der Waals surface area (Å²) in [5.41, 5.74) is 2.00. The Balaban J connectivity index is 2.37. The molecule has 1 aromatic rings. The maximum absolute atomic E-state index is 10.8. The van der Waals surface area contributed by atoms with Crippen LogP contribution in [0.5, 0.6) is 0 Å². The zero-order valence-electron chi connectivity index (χ0n) is 8.59. The number of hydrogen-bond acceptors (Lipinski definition) is 1. The first-order valence-electron chi connectivity index (χ1n) is 5.02. The molecule has 15 heavy (non-hydrogen) atoms. The highest BCUT2D eigenvalue weighted by atomic mass is 35.5.